The van der Waals surface area contributed by atoms with Crippen LogP contribution >= 0.6 is 11.3 Å². The highest BCUT2D eigenvalue weighted by Crippen LogP contribution is 2.31. The van der Waals surface area contributed by atoms with E-state index in [0.29, 0.717) is 12.0 Å². The van der Waals surface area contributed by atoms with Gasteiger partial charge in [-0.25, -0.2) is 4.98 Å². The number of piperazine rings is 1. The molecule has 2 aliphatic rings. The van der Waals surface area contributed by atoms with Crippen molar-refractivity contribution in [1.29, 1.82) is 0 Å². The molecule has 0 saturated carbocycles. The lowest BCUT2D eigenvalue weighted by atomic mass is 10.1. The van der Waals surface area contributed by atoms with Gasteiger partial charge in [0.25, 0.3) is 5.91 Å². The van der Waals surface area contributed by atoms with E-state index in [-0.39, 0.29) is 17.9 Å². The number of pyridine rings is 1. The van der Waals surface area contributed by atoms with Gasteiger partial charge in [0.2, 0.25) is 5.91 Å². The number of carbonyl (C=O) groups is 2. The predicted octanol–water partition coefficient (Wildman–Crippen LogP) is 2.14. The van der Waals surface area contributed by atoms with Gasteiger partial charge in [0, 0.05) is 44.3 Å². The molecule has 0 radical (unpaired) electrons. The second-order valence-corrected chi connectivity index (χ2v) is 8.91. The third-order valence-corrected chi connectivity index (χ3v) is 6.56. The maximum atomic E-state index is 12.8. The molecule has 0 aliphatic carbocycles. The molecule has 2 amide bonds. The number of carbonyl (C=O) groups excluding carboxylic acids is 2. The SMILES string of the molecule is Cc1nc(CC(=O)N2CCC[C@H]2c2ccc(C(=O)N3CCN(C)CC3)cn2)cs1. The molecule has 7 nitrogen and oxygen atoms in total. The van der Waals surface area contributed by atoms with Crippen LogP contribution in [0.3, 0.4) is 0 Å². The minimum atomic E-state index is -0.0185. The topological polar surface area (TPSA) is 69.6 Å². The molecule has 2 fully saturated rings. The molecule has 4 rings (SSSR count). The highest BCUT2D eigenvalue weighted by molar-refractivity contribution is 7.09. The molecule has 0 bridgehead atoms. The van der Waals surface area contributed by atoms with Crippen LogP contribution in [0.1, 0.15) is 45.6 Å². The number of hydrogen-bond donors (Lipinski definition) is 0. The molecule has 2 aliphatic heterocycles. The number of thiazole rings is 1. The first-order chi connectivity index (χ1) is 14.0. The molecule has 154 valence electrons. The fourth-order valence-electron chi connectivity index (χ4n) is 4.04. The van der Waals surface area contributed by atoms with Gasteiger partial charge in [-0.2, -0.15) is 0 Å². The zero-order chi connectivity index (χ0) is 20.4. The highest BCUT2D eigenvalue weighted by Gasteiger charge is 2.31. The minimum absolute atomic E-state index is 0.0185. The van der Waals surface area contributed by atoms with Crippen molar-refractivity contribution in [3.8, 4) is 0 Å². The van der Waals surface area contributed by atoms with E-state index in [1.807, 2.05) is 34.2 Å². The van der Waals surface area contributed by atoms with Crippen LogP contribution < -0.4 is 0 Å². The zero-order valence-electron chi connectivity index (χ0n) is 17.0. The Hall–Kier alpha value is -2.32. The Morgan fingerprint density at radius 1 is 1.17 bits per heavy atom. The first kappa shape index (κ1) is 20.0. The van der Waals surface area contributed by atoms with Crippen molar-refractivity contribution in [3.63, 3.8) is 0 Å². The van der Waals surface area contributed by atoms with Gasteiger partial charge in [-0.05, 0) is 38.9 Å². The average Bonchev–Trinajstić information content (AvgIpc) is 3.37. The van der Waals surface area contributed by atoms with Gasteiger partial charge in [0.15, 0.2) is 0 Å². The summed E-state index contributed by atoms with van der Waals surface area (Å²) >= 11 is 1.57. The lowest BCUT2D eigenvalue weighted by Crippen LogP contribution is -2.47. The Kier molecular flexibility index (Phi) is 5.91. The lowest BCUT2D eigenvalue weighted by Gasteiger charge is -2.32. The van der Waals surface area contributed by atoms with E-state index in [4.69, 9.17) is 0 Å². The number of likely N-dealkylation sites (N-methyl/N-ethyl adjacent to an activating group) is 1. The summed E-state index contributed by atoms with van der Waals surface area (Å²) in [5.41, 5.74) is 2.32. The third-order valence-electron chi connectivity index (χ3n) is 5.74. The first-order valence-corrected chi connectivity index (χ1v) is 11.0. The molecular formula is C21H27N5O2S. The van der Waals surface area contributed by atoms with E-state index in [1.165, 1.54) is 0 Å². The molecule has 2 aromatic heterocycles. The summed E-state index contributed by atoms with van der Waals surface area (Å²) in [5, 5.41) is 2.93. The summed E-state index contributed by atoms with van der Waals surface area (Å²) in [4.78, 5) is 40.5. The minimum Gasteiger partial charge on any atom is -0.336 e. The standard InChI is InChI=1S/C21H27N5O2S/c1-15-23-17(14-29-15)12-20(27)26-7-3-4-19(26)18-6-5-16(13-22-18)21(28)25-10-8-24(2)9-11-25/h5-6,13-14,19H,3-4,7-12H2,1-2H3/t19-/m0/s1. The average molecular weight is 414 g/mol. The number of aryl methyl sites for hydroxylation is 1. The van der Waals surface area contributed by atoms with Crippen molar-refractivity contribution >= 4 is 23.2 Å². The van der Waals surface area contributed by atoms with Crippen LogP contribution in [0, 0.1) is 6.92 Å². The number of amides is 2. The largest absolute Gasteiger partial charge is 0.336 e. The molecule has 1 atom stereocenters. The van der Waals surface area contributed by atoms with Crippen LogP contribution in [0.4, 0.5) is 0 Å². The van der Waals surface area contributed by atoms with E-state index in [9.17, 15) is 9.59 Å². The fraction of sp³-hybridized carbons (Fsp3) is 0.524. The summed E-state index contributed by atoms with van der Waals surface area (Å²) in [6.45, 7) is 5.99. The molecule has 0 unspecified atom stereocenters. The lowest BCUT2D eigenvalue weighted by molar-refractivity contribution is -0.131. The van der Waals surface area contributed by atoms with Gasteiger partial charge < -0.3 is 14.7 Å². The van der Waals surface area contributed by atoms with Crippen molar-refractivity contribution in [2.45, 2.75) is 32.2 Å². The van der Waals surface area contributed by atoms with E-state index in [1.54, 1.807) is 17.5 Å². The van der Waals surface area contributed by atoms with Crippen molar-refractivity contribution in [2.24, 2.45) is 0 Å². The van der Waals surface area contributed by atoms with Crippen LogP contribution in [-0.2, 0) is 11.2 Å². The molecule has 2 aromatic rings. The Balaban J connectivity index is 1.42. The molecule has 4 heterocycles. The Bertz CT molecular complexity index is 873. The van der Waals surface area contributed by atoms with E-state index < -0.39 is 0 Å². The third kappa shape index (κ3) is 4.48. The number of rotatable bonds is 4. The van der Waals surface area contributed by atoms with Crippen LogP contribution in [-0.4, -0.2) is 76.3 Å². The highest BCUT2D eigenvalue weighted by atomic mass is 32.1. The molecule has 0 aromatic carbocycles. The number of aromatic nitrogens is 2. The summed E-state index contributed by atoms with van der Waals surface area (Å²) in [6, 6.07) is 3.75. The van der Waals surface area contributed by atoms with Gasteiger partial charge >= 0.3 is 0 Å². The maximum absolute atomic E-state index is 12.8. The first-order valence-electron chi connectivity index (χ1n) is 10.2. The predicted molar refractivity (Wildman–Crippen MR) is 112 cm³/mol. The van der Waals surface area contributed by atoms with Gasteiger partial charge in [-0.15, -0.1) is 11.3 Å². The maximum Gasteiger partial charge on any atom is 0.255 e. The quantitative estimate of drug-likeness (QED) is 0.768. The van der Waals surface area contributed by atoms with Crippen LogP contribution in [0.15, 0.2) is 23.7 Å². The Morgan fingerprint density at radius 3 is 2.62 bits per heavy atom. The Morgan fingerprint density at radius 2 is 1.97 bits per heavy atom. The van der Waals surface area contributed by atoms with Crippen molar-refractivity contribution in [3.05, 3.63) is 45.7 Å². The van der Waals surface area contributed by atoms with E-state index in [0.717, 1.165) is 62.0 Å². The summed E-state index contributed by atoms with van der Waals surface area (Å²) < 4.78 is 0. The summed E-state index contributed by atoms with van der Waals surface area (Å²) in [7, 11) is 2.07. The second kappa shape index (κ2) is 8.59. The van der Waals surface area contributed by atoms with Crippen LogP contribution in [0.2, 0.25) is 0 Å². The van der Waals surface area contributed by atoms with Gasteiger partial charge in [-0.1, -0.05) is 0 Å². The Labute approximate surface area is 175 Å². The smallest absolute Gasteiger partial charge is 0.255 e. The zero-order valence-corrected chi connectivity index (χ0v) is 17.8. The molecule has 0 spiro atoms. The molecule has 29 heavy (non-hydrogen) atoms. The molecule has 0 N–H and O–H groups in total. The van der Waals surface area contributed by atoms with Gasteiger partial charge in [-0.3, -0.25) is 14.6 Å². The van der Waals surface area contributed by atoms with Crippen LogP contribution in [0.5, 0.6) is 0 Å². The fourth-order valence-corrected chi connectivity index (χ4v) is 4.65. The van der Waals surface area contributed by atoms with Gasteiger partial charge in [0.1, 0.15) is 0 Å². The van der Waals surface area contributed by atoms with E-state index in [2.05, 4.69) is 21.9 Å². The van der Waals surface area contributed by atoms with Crippen molar-refractivity contribution in [1.82, 2.24) is 24.7 Å². The monoisotopic (exact) mass is 413 g/mol. The van der Waals surface area contributed by atoms with E-state index >= 15 is 0 Å². The van der Waals surface area contributed by atoms with Gasteiger partial charge in [0.05, 0.1) is 34.4 Å². The molecular weight excluding hydrogens is 386 g/mol. The normalized spacial score (nSPS) is 20.3. The van der Waals surface area contributed by atoms with Crippen molar-refractivity contribution < 1.29 is 9.59 Å². The number of nitrogens with zero attached hydrogens (tertiary/aromatic N) is 5. The van der Waals surface area contributed by atoms with Crippen molar-refractivity contribution in [2.75, 3.05) is 39.8 Å². The summed E-state index contributed by atoms with van der Waals surface area (Å²) in [5.74, 6) is 0.132. The van der Waals surface area contributed by atoms with Crippen LogP contribution in [0.25, 0.3) is 0 Å². The number of likely N-dealkylation sites (tertiary alicyclic amines) is 1. The molecule has 8 heteroatoms. The second-order valence-electron chi connectivity index (χ2n) is 7.85. The summed E-state index contributed by atoms with van der Waals surface area (Å²) in [6.07, 6.45) is 3.87. The number of hydrogen-bond acceptors (Lipinski definition) is 6. The molecule has 2 saturated heterocycles.